The molecule has 0 amide bonds. The van der Waals surface area contributed by atoms with Crippen molar-refractivity contribution in [3.05, 3.63) is 0 Å². The quantitative estimate of drug-likeness (QED) is 0.571. The second kappa shape index (κ2) is 3.86. The zero-order chi connectivity index (χ0) is 6.57. The van der Waals surface area contributed by atoms with Crippen molar-refractivity contribution < 1.29 is 12.6 Å². The van der Waals surface area contributed by atoms with Gasteiger partial charge in [-0.3, -0.25) is 4.18 Å². The largest absolute Gasteiger partial charge is 0.269 e. The van der Waals surface area contributed by atoms with Crippen molar-refractivity contribution in [3.63, 3.8) is 0 Å². The van der Waals surface area contributed by atoms with Crippen LogP contribution in [0.2, 0.25) is 0 Å². The Hall–Kier alpha value is -0.0900. The third-order valence-corrected chi connectivity index (χ3v) is 1.37. The van der Waals surface area contributed by atoms with Crippen LogP contribution in [0, 0.1) is 0 Å². The van der Waals surface area contributed by atoms with Gasteiger partial charge in [0.2, 0.25) is 0 Å². The highest BCUT2D eigenvalue weighted by molar-refractivity contribution is 7.67. The molecule has 0 aliphatic rings. The molecular weight excluding hydrogens is 128 g/mol. The summed E-state index contributed by atoms with van der Waals surface area (Å²) in [6, 6.07) is 0. The standard InChI is InChI=1S/C4H10O3S/c1-3-4(2)7-8(5)6/h4,8H,3H2,1-2H3. The molecule has 3 nitrogen and oxygen atoms in total. The third-order valence-electron chi connectivity index (χ3n) is 0.841. The summed E-state index contributed by atoms with van der Waals surface area (Å²) < 4.78 is 23.9. The summed E-state index contributed by atoms with van der Waals surface area (Å²) >= 11 is 0. The summed E-state index contributed by atoms with van der Waals surface area (Å²) in [7, 11) is -2.65. The second-order valence-electron chi connectivity index (χ2n) is 1.55. The lowest BCUT2D eigenvalue weighted by Crippen LogP contribution is -2.03. The van der Waals surface area contributed by atoms with E-state index in [0.29, 0.717) is 0 Å². The fourth-order valence-corrected chi connectivity index (χ4v) is 0.664. The molecule has 0 radical (unpaired) electrons. The van der Waals surface area contributed by atoms with Gasteiger partial charge in [-0.15, -0.1) is 0 Å². The van der Waals surface area contributed by atoms with Crippen molar-refractivity contribution in [2.75, 3.05) is 0 Å². The normalized spacial score (nSPS) is 14.4. The smallest absolute Gasteiger partial charge is 0.257 e. The first-order valence-corrected chi connectivity index (χ1v) is 3.57. The van der Waals surface area contributed by atoms with E-state index in [0.717, 1.165) is 6.42 Å². The van der Waals surface area contributed by atoms with Gasteiger partial charge in [-0.2, -0.15) is 0 Å². The van der Waals surface area contributed by atoms with Gasteiger partial charge in [0, 0.05) is 0 Å². The van der Waals surface area contributed by atoms with Gasteiger partial charge >= 0.3 is 0 Å². The average molecular weight is 138 g/mol. The molecule has 4 heteroatoms. The van der Waals surface area contributed by atoms with Gasteiger partial charge in [0.05, 0.1) is 6.10 Å². The van der Waals surface area contributed by atoms with Gasteiger partial charge in [-0.05, 0) is 13.3 Å². The predicted octanol–water partition coefficient (Wildman–Crippen LogP) is 0.328. The highest BCUT2D eigenvalue weighted by Crippen LogP contribution is 1.93. The molecule has 1 atom stereocenters. The zero-order valence-electron chi connectivity index (χ0n) is 4.96. The van der Waals surface area contributed by atoms with Crippen molar-refractivity contribution in [2.24, 2.45) is 0 Å². The van der Waals surface area contributed by atoms with Crippen LogP contribution in [-0.4, -0.2) is 14.5 Å². The van der Waals surface area contributed by atoms with Crippen molar-refractivity contribution in [1.82, 2.24) is 0 Å². The first-order chi connectivity index (χ1) is 3.66. The van der Waals surface area contributed by atoms with Crippen LogP contribution >= 0.6 is 0 Å². The fourth-order valence-electron chi connectivity index (χ4n) is 0.221. The summed E-state index contributed by atoms with van der Waals surface area (Å²) in [6.45, 7) is 3.58. The summed E-state index contributed by atoms with van der Waals surface area (Å²) in [5, 5.41) is 0. The lowest BCUT2D eigenvalue weighted by molar-refractivity contribution is 0.235. The van der Waals surface area contributed by atoms with E-state index in [1.165, 1.54) is 0 Å². The Morgan fingerprint density at radius 1 is 1.62 bits per heavy atom. The monoisotopic (exact) mass is 138 g/mol. The van der Waals surface area contributed by atoms with Crippen LogP contribution in [0.25, 0.3) is 0 Å². The highest BCUT2D eigenvalue weighted by Gasteiger charge is 1.96. The van der Waals surface area contributed by atoms with Crippen LogP contribution in [0.4, 0.5) is 0 Å². The minimum atomic E-state index is -2.65. The molecule has 8 heavy (non-hydrogen) atoms. The van der Waals surface area contributed by atoms with Crippen molar-refractivity contribution in [2.45, 2.75) is 26.4 Å². The highest BCUT2D eigenvalue weighted by atomic mass is 32.2. The predicted molar refractivity (Wildman–Crippen MR) is 31.2 cm³/mol. The molecule has 0 saturated heterocycles. The lowest BCUT2D eigenvalue weighted by Gasteiger charge is -2.00. The Morgan fingerprint density at radius 2 is 2.12 bits per heavy atom. The zero-order valence-corrected chi connectivity index (χ0v) is 5.85. The van der Waals surface area contributed by atoms with E-state index in [1.807, 2.05) is 6.92 Å². The fraction of sp³-hybridized carbons (Fsp3) is 1.00. The maximum atomic E-state index is 9.78. The molecule has 0 rings (SSSR count). The third kappa shape index (κ3) is 4.08. The summed E-state index contributed by atoms with van der Waals surface area (Å²) in [4.78, 5) is 0. The average Bonchev–Trinajstić information content (AvgIpc) is 1.65. The molecule has 0 heterocycles. The van der Waals surface area contributed by atoms with E-state index in [1.54, 1.807) is 6.92 Å². The first kappa shape index (κ1) is 7.91. The SMILES string of the molecule is CCC(C)O[SH](=O)=O. The minimum absolute atomic E-state index is 0.170. The molecule has 0 aliphatic heterocycles. The Balaban J connectivity index is 3.39. The van der Waals surface area contributed by atoms with Crippen LogP contribution in [0.3, 0.4) is 0 Å². The van der Waals surface area contributed by atoms with E-state index in [4.69, 9.17) is 0 Å². The van der Waals surface area contributed by atoms with E-state index < -0.39 is 11.0 Å². The van der Waals surface area contributed by atoms with Gasteiger partial charge in [0.25, 0.3) is 11.0 Å². The van der Waals surface area contributed by atoms with E-state index in [-0.39, 0.29) is 6.10 Å². The van der Waals surface area contributed by atoms with Crippen LogP contribution in [-0.2, 0) is 15.2 Å². The van der Waals surface area contributed by atoms with Crippen molar-refractivity contribution >= 4 is 11.0 Å². The van der Waals surface area contributed by atoms with Crippen molar-refractivity contribution in [3.8, 4) is 0 Å². The van der Waals surface area contributed by atoms with E-state index in [9.17, 15) is 8.42 Å². The molecule has 1 unspecified atom stereocenters. The van der Waals surface area contributed by atoms with Gasteiger partial charge in [0.1, 0.15) is 0 Å². The maximum Gasteiger partial charge on any atom is 0.257 e. The van der Waals surface area contributed by atoms with Crippen LogP contribution in [0.1, 0.15) is 20.3 Å². The molecule has 0 bridgehead atoms. The lowest BCUT2D eigenvalue weighted by atomic mass is 10.3. The minimum Gasteiger partial charge on any atom is -0.269 e. The van der Waals surface area contributed by atoms with Gasteiger partial charge < -0.3 is 0 Å². The van der Waals surface area contributed by atoms with Crippen molar-refractivity contribution in [1.29, 1.82) is 0 Å². The molecule has 0 aromatic rings. The first-order valence-electron chi connectivity index (χ1n) is 2.48. The Bertz CT molecular complexity index is 110. The molecular formula is C4H10O3S. The molecule has 0 N–H and O–H groups in total. The summed E-state index contributed by atoms with van der Waals surface area (Å²) in [5.74, 6) is 0. The topological polar surface area (TPSA) is 43.4 Å². The molecule has 50 valence electrons. The second-order valence-corrected chi connectivity index (χ2v) is 2.21. The maximum absolute atomic E-state index is 9.78. The van der Waals surface area contributed by atoms with Gasteiger partial charge in [0.15, 0.2) is 0 Å². The van der Waals surface area contributed by atoms with E-state index in [2.05, 4.69) is 4.18 Å². The van der Waals surface area contributed by atoms with Gasteiger partial charge in [-0.1, -0.05) is 6.92 Å². The Labute approximate surface area is 50.8 Å². The van der Waals surface area contributed by atoms with Gasteiger partial charge in [-0.25, -0.2) is 8.42 Å². The van der Waals surface area contributed by atoms with Crippen LogP contribution in [0.5, 0.6) is 0 Å². The van der Waals surface area contributed by atoms with Crippen LogP contribution in [0.15, 0.2) is 0 Å². The Kier molecular flexibility index (Phi) is 3.81. The molecule has 0 aromatic heterocycles. The summed E-state index contributed by atoms with van der Waals surface area (Å²) in [6.07, 6.45) is 0.555. The molecule has 0 aromatic carbocycles. The molecule has 0 fully saturated rings. The number of hydrogen-bond acceptors (Lipinski definition) is 3. The number of thiol groups is 1. The van der Waals surface area contributed by atoms with Crippen LogP contribution < -0.4 is 0 Å². The molecule has 0 aliphatic carbocycles. The van der Waals surface area contributed by atoms with E-state index >= 15 is 0 Å². The summed E-state index contributed by atoms with van der Waals surface area (Å²) in [5.41, 5.74) is 0. The molecule has 0 spiro atoms. The number of hydrogen-bond donors (Lipinski definition) is 1. The Morgan fingerprint density at radius 3 is 2.25 bits per heavy atom. The molecule has 0 saturated carbocycles. The number of rotatable bonds is 3.